The Morgan fingerprint density at radius 1 is 1.67 bits per heavy atom. The minimum atomic E-state index is -0.553. The van der Waals surface area contributed by atoms with Gasteiger partial charge in [-0.3, -0.25) is 10.1 Å². The number of aromatic nitrogens is 1. The molecule has 1 aromatic heterocycles. The van der Waals surface area contributed by atoms with E-state index in [0.717, 1.165) is 13.2 Å². The van der Waals surface area contributed by atoms with Crippen LogP contribution in [0.5, 0.6) is 0 Å². The summed E-state index contributed by atoms with van der Waals surface area (Å²) in [6, 6.07) is 3.09. The van der Waals surface area contributed by atoms with Crippen molar-refractivity contribution >= 4 is 17.3 Å². The van der Waals surface area contributed by atoms with Crippen LogP contribution in [0.4, 0.5) is 17.3 Å². The molecule has 1 unspecified atom stereocenters. The molecule has 0 saturated carbocycles. The molecular weight excluding hydrogens is 238 g/mol. The van der Waals surface area contributed by atoms with Gasteiger partial charge in [0, 0.05) is 25.2 Å². The van der Waals surface area contributed by atoms with Crippen molar-refractivity contribution < 1.29 is 9.66 Å². The second kappa shape index (κ2) is 5.61. The van der Waals surface area contributed by atoms with Crippen LogP contribution in [-0.4, -0.2) is 42.3 Å². The van der Waals surface area contributed by atoms with Crippen LogP contribution < -0.4 is 16.4 Å². The number of nitrogens with two attached hydrogens (primary N) is 1. The van der Waals surface area contributed by atoms with Gasteiger partial charge < -0.3 is 21.1 Å². The number of hydrogen-bond acceptors (Lipinski definition) is 7. The third-order valence-corrected chi connectivity index (χ3v) is 2.63. The molecule has 0 aliphatic carbocycles. The highest BCUT2D eigenvalue weighted by Crippen LogP contribution is 2.20. The van der Waals surface area contributed by atoms with Gasteiger partial charge in [-0.25, -0.2) is 4.98 Å². The van der Waals surface area contributed by atoms with Gasteiger partial charge in [-0.1, -0.05) is 0 Å². The molecule has 2 rings (SSSR count). The molecule has 0 radical (unpaired) electrons. The molecule has 0 bridgehead atoms. The second-order valence-corrected chi connectivity index (χ2v) is 3.96. The quantitative estimate of drug-likeness (QED) is 0.509. The van der Waals surface area contributed by atoms with Gasteiger partial charge in [-0.05, 0) is 6.07 Å². The van der Waals surface area contributed by atoms with Gasteiger partial charge in [0.15, 0.2) is 0 Å². The van der Waals surface area contributed by atoms with Crippen molar-refractivity contribution in [1.82, 2.24) is 10.3 Å². The highest BCUT2D eigenvalue weighted by Gasteiger charge is 2.15. The number of nitrogen functional groups attached to an aromatic ring is 1. The van der Waals surface area contributed by atoms with Crippen molar-refractivity contribution in [2.24, 2.45) is 0 Å². The Labute approximate surface area is 104 Å². The molecule has 1 aliphatic rings. The third-order valence-electron chi connectivity index (χ3n) is 2.63. The minimum Gasteiger partial charge on any atom is -0.378 e. The summed E-state index contributed by atoms with van der Waals surface area (Å²) in [6.45, 7) is 2.81. The van der Waals surface area contributed by atoms with Crippen molar-refractivity contribution in [3.63, 3.8) is 0 Å². The maximum Gasteiger partial charge on any atom is 0.311 e. The molecule has 2 heterocycles. The Kier molecular flexibility index (Phi) is 3.90. The molecule has 98 valence electrons. The normalized spacial score (nSPS) is 19.4. The zero-order valence-corrected chi connectivity index (χ0v) is 9.76. The van der Waals surface area contributed by atoms with E-state index >= 15 is 0 Å². The van der Waals surface area contributed by atoms with Crippen LogP contribution in [0.3, 0.4) is 0 Å². The number of rotatable bonds is 4. The number of nitrogens with zero attached hydrogens (tertiary/aromatic N) is 2. The number of morpholine rings is 1. The molecule has 18 heavy (non-hydrogen) atoms. The molecule has 1 saturated heterocycles. The summed E-state index contributed by atoms with van der Waals surface area (Å²) in [5.41, 5.74) is 5.32. The number of ether oxygens (including phenoxy) is 1. The van der Waals surface area contributed by atoms with Crippen molar-refractivity contribution in [1.29, 1.82) is 0 Å². The van der Waals surface area contributed by atoms with E-state index in [2.05, 4.69) is 15.6 Å². The molecule has 1 aliphatic heterocycles. The Hall–Kier alpha value is -1.93. The van der Waals surface area contributed by atoms with E-state index in [1.54, 1.807) is 0 Å². The van der Waals surface area contributed by atoms with Crippen molar-refractivity contribution in [3.8, 4) is 0 Å². The first-order valence-corrected chi connectivity index (χ1v) is 5.62. The summed E-state index contributed by atoms with van der Waals surface area (Å²) in [5.74, 6) is 0.434. The average molecular weight is 253 g/mol. The van der Waals surface area contributed by atoms with Crippen molar-refractivity contribution in [3.05, 3.63) is 22.2 Å². The maximum absolute atomic E-state index is 10.6. The van der Waals surface area contributed by atoms with E-state index in [1.165, 1.54) is 12.1 Å². The largest absolute Gasteiger partial charge is 0.378 e. The predicted octanol–water partition coefficient (Wildman–Crippen LogP) is -0.0277. The van der Waals surface area contributed by atoms with E-state index in [0.29, 0.717) is 19.0 Å². The monoisotopic (exact) mass is 253 g/mol. The lowest BCUT2D eigenvalue weighted by molar-refractivity contribution is -0.384. The fourth-order valence-corrected chi connectivity index (χ4v) is 1.70. The molecule has 4 N–H and O–H groups in total. The first-order valence-electron chi connectivity index (χ1n) is 5.62. The average Bonchev–Trinajstić information content (AvgIpc) is 2.37. The zero-order chi connectivity index (χ0) is 13.0. The standard InChI is InChI=1S/C10H15N5O3/c11-10-8(15(16)17)1-2-9(14-10)13-5-7-6-18-4-3-12-7/h1-2,7,12H,3-6H2,(H3,11,13,14). The van der Waals surface area contributed by atoms with E-state index < -0.39 is 4.92 Å². The van der Waals surface area contributed by atoms with Crippen LogP contribution in [0.1, 0.15) is 0 Å². The molecule has 0 aromatic carbocycles. The fourth-order valence-electron chi connectivity index (χ4n) is 1.70. The zero-order valence-electron chi connectivity index (χ0n) is 9.76. The van der Waals surface area contributed by atoms with Crippen molar-refractivity contribution in [2.45, 2.75) is 6.04 Å². The SMILES string of the molecule is Nc1nc(NCC2COCCN2)ccc1[N+](=O)[O-]. The van der Waals surface area contributed by atoms with Gasteiger partial charge in [0.25, 0.3) is 0 Å². The Morgan fingerprint density at radius 2 is 2.50 bits per heavy atom. The highest BCUT2D eigenvalue weighted by atomic mass is 16.6. The topological polar surface area (TPSA) is 115 Å². The Balaban J connectivity index is 1.93. The molecule has 1 fully saturated rings. The first kappa shape index (κ1) is 12.5. The van der Waals surface area contributed by atoms with E-state index in [9.17, 15) is 10.1 Å². The first-order chi connectivity index (χ1) is 8.66. The van der Waals surface area contributed by atoms with E-state index in [-0.39, 0.29) is 17.5 Å². The maximum atomic E-state index is 10.6. The van der Waals surface area contributed by atoms with E-state index in [1.807, 2.05) is 0 Å². The number of hydrogen-bond donors (Lipinski definition) is 3. The van der Waals surface area contributed by atoms with Gasteiger partial charge in [-0.15, -0.1) is 0 Å². The van der Waals surface area contributed by atoms with Crippen LogP contribution in [0, 0.1) is 10.1 Å². The summed E-state index contributed by atoms with van der Waals surface area (Å²) >= 11 is 0. The van der Waals surface area contributed by atoms with Crippen LogP contribution in [0.25, 0.3) is 0 Å². The summed E-state index contributed by atoms with van der Waals surface area (Å²) in [7, 11) is 0. The van der Waals surface area contributed by atoms with Gasteiger partial charge >= 0.3 is 5.69 Å². The molecule has 0 amide bonds. The van der Waals surface area contributed by atoms with Gasteiger partial charge in [0.1, 0.15) is 5.82 Å². The van der Waals surface area contributed by atoms with Crippen LogP contribution in [0.2, 0.25) is 0 Å². The summed E-state index contributed by atoms with van der Waals surface area (Å²) in [6.07, 6.45) is 0. The molecule has 0 spiro atoms. The molecule has 1 atom stereocenters. The van der Waals surface area contributed by atoms with Crippen molar-refractivity contribution in [2.75, 3.05) is 37.4 Å². The molecule has 1 aromatic rings. The molecule has 8 nitrogen and oxygen atoms in total. The fraction of sp³-hybridized carbons (Fsp3) is 0.500. The number of anilines is 2. The second-order valence-electron chi connectivity index (χ2n) is 3.96. The molecule has 8 heteroatoms. The number of nitro groups is 1. The van der Waals surface area contributed by atoms with Gasteiger partial charge in [0.05, 0.1) is 18.1 Å². The summed E-state index contributed by atoms with van der Waals surface area (Å²) in [5, 5.41) is 16.9. The van der Waals surface area contributed by atoms with Gasteiger partial charge in [0.2, 0.25) is 5.82 Å². The van der Waals surface area contributed by atoms with Crippen LogP contribution in [-0.2, 0) is 4.74 Å². The predicted molar refractivity (Wildman–Crippen MR) is 66.4 cm³/mol. The van der Waals surface area contributed by atoms with Crippen LogP contribution in [0.15, 0.2) is 12.1 Å². The highest BCUT2D eigenvalue weighted by molar-refractivity contribution is 5.57. The smallest absolute Gasteiger partial charge is 0.311 e. The van der Waals surface area contributed by atoms with Crippen LogP contribution >= 0.6 is 0 Å². The Morgan fingerprint density at radius 3 is 3.11 bits per heavy atom. The summed E-state index contributed by atoms with van der Waals surface area (Å²) < 4.78 is 5.31. The molecular formula is C10H15N5O3. The number of nitrogens with one attached hydrogen (secondary N) is 2. The van der Waals surface area contributed by atoms with E-state index in [4.69, 9.17) is 10.5 Å². The third kappa shape index (κ3) is 3.05. The lowest BCUT2D eigenvalue weighted by Gasteiger charge is -2.24. The Bertz CT molecular complexity index is 434. The minimum absolute atomic E-state index is 0.0853. The lowest BCUT2D eigenvalue weighted by atomic mass is 10.3. The lowest BCUT2D eigenvalue weighted by Crippen LogP contribution is -2.45. The summed E-state index contributed by atoms with van der Waals surface area (Å²) in [4.78, 5) is 14.0. The number of pyridine rings is 1. The van der Waals surface area contributed by atoms with Gasteiger partial charge in [-0.2, -0.15) is 0 Å².